The van der Waals surface area contributed by atoms with Crippen LogP contribution in [0.25, 0.3) is 0 Å². The molecule has 0 saturated heterocycles. The summed E-state index contributed by atoms with van der Waals surface area (Å²) in [6, 6.07) is 3.22. The number of thiophene rings is 1. The van der Waals surface area contributed by atoms with Gasteiger partial charge in [0.1, 0.15) is 4.88 Å². The van der Waals surface area contributed by atoms with Gasteiger partial charge in [-0.2, -0.15) is 0 Å². The monoisotopic (exact) mass is 202 g/mol. The fourth-order valence-corrected chi connectivity index (χ4v) is 1.83. The third-order valence-corrected chi connectivity index (χ3v) is 2.59. The molecule has 1 heterocycles. The summed E-state index contributed by atoms with van der Waals surface area (Å²) in [5.74, 6) is -0.929. The van der Waals surface area contributed by atoms with Crippen molar-refractivity contribution in [3.8, 4) is 0 Å². The number of methoxy groups -OCH3 is 2. The van der Waals surface area contributed by atoms with Gasteiger partial charge in [0.2, 0.25) is 0 Å². The molecule has 4 nitrogen and oxygen atoms in total. The minimum Gasteiger partial charge on any atom is -0.477 e. The average molecular weight is 202 g/mol. The molecular formula is C8H10O4S. The minimum atomic E-state index is -0.929. The quantitative estimate of drug-likeness (QED) is 0.755. The lowest BCUT2D eigenvalue weighted by Gasteiger charge is -2.09. The maximum absolute atomic E-state index is 10.5. The molecule has 0 bridgehead atoms. The maximum atomic E-state index is 10.5. The molecule has 1 rings (SSSR count). The Morgan fingerprint density at radius 3 is 2.46 bits per heavy atom. The van der Waals surface area contributed by atoms with E-state index in [1.807, 2.05) is 0 Å². The van der Waals surface area contributed by atoms with Crippen LogP contribution in [0.15, 0.2) is 12.1 Å². The van der Waals surface area contributed by atoms with E-state index >= 15 is 0 Å². The Morgan fingerprint density at radius 2 is 2.08 bits per heavy atom. The van der Waals surface area contributed by atoms with Crippen molar-refractivity contribution < 1.29 is 19.4 Å². The Hall–Kier alpha value is -0.910. The highest BCUT2D eigenvalue weighted by Gasteiger charge is 2.14. The molecule has 0 spiro atoms. The van der Waals surface area contributed by atoms with E-state index in [0.29, 0.717) is 0 Å². The van der Waals surface area contributed by atoms with E-state index in [4.69, 9.17) is 14.6 Å². The normalized spacial score (nSPS) is 10.7. The Morgan fingerprint density at radius 1 is 1.46 bits per heavy atom. The van der Waals surface area contributed by atoms with Gasteiger partial charge in [0.05, 0.1) is 4.88 Å². The zero-order valence-corrected chi connectivity index (χ0v) is 8.13. The van der Waals surface area contributed by atoms with E-state index in [1.165, 1.54) is 20.3 Å². The van der Waals surface area contributed by atoms with E-state index in [1.54, 1.807) is 6.07 Å². The summed E-state index contributed by atoms with van der Waals surface area (Å²) in [5, 5.41) is 8.65. The van der Waals surface area contributed by atoms with Gasteiger partial charge in [0.15, 0.2) is 6.29 Å². The summed E-state index contributed by atoms with van der Waals surface area (Å²) in [6.45, 7) is 0. The fourth-order valence-electron chi connectivity index (χ4n) is 0.923. The topological polar surface area (TPSA) is 55.8 Å². The van der Waals surface area contributed by atoms with Gasteiger partial charge in [-0.3, -0.25) is 0 Å². The number of carboxylic acids is 1. The highest BCUT2D eigenvalue weighted by molar-refractivity contribution is 7.14. The third-order valence-electron chi connectivity index (χ3n) is 1.50. The lowest BCUT2D eigenvalue weighted by molar-refractivity contribution is -0.103. The second-order valence-electron chi connectivity index (χ2n) is 2.31. The average Bonchev–Trinajstić information content (AvgIpc) is 2.56. The summed E-state index contributed by atoms with van der Waals surface area (Å²) in [6.07, 6.45) is -0.474. The van der Waals surface area contributed by atoms with Crippen LogP contribution in [0, 0.1) is 0 Å². The zero-order valence-electron chi connectivity index (χ0n) is 7.31. The number of rotatable bonds is 4. The lowest BCUT2D eigenvalue weighted by Crippen LogP contribution is -2.00. The van der Waals surface area contributed by atoms with Gasteiger partial charge in [0, 0.05) is 14.2 Å². The number of ether oxygens (including phenoxy) is 2. The van der Waals surface area contributed by atoms with Gasteiger partial charge in [-0.1, -0.05) is 0 Å². The second-order valence-corrected chi connectivity index (χ2v) is 3.43. The van der Waals surface area contributed by atoms with Crippen molar-refractivity contribution in [1.29, 1.82) is 0 Å². The number of carboxylic acid groups (broad SMARTS) is 1. The molecule has 0 aliphatic heterocycles. The van der Waals surface area contributed by atoms with Gasteiger partial charge >= 0.3 is 5.97 Å². The molecule has 0 fully saturated rings. The van der Waals surface area contributed by atoms with E-state index in [9.17, 15) is 4.79 Å². The predicted octanol–water partition coefficient (Wildman–Crippen LogP) is 1.74. The van der Waals surface area contributed by atoms with Crippen molar-refractivity contribution >= 4 is 17.3 Å². The second kappa shape index (κ2) is 4.36. The highest BCUT2D eigenvalue weighted by atomic mass is 32.1. The smallest absolute Gasteiger partial charge is 0.345 e. The van der Waals surface area contributed by atoms with Crippen molar-refractivity contribution in [2.45, 2.75) is 6.29 Å². The predicted molar refractivity (Wildman–Crippen MR) is 48.0 cm³/mol. The number of carbonyl (C=O) groups is 1. The van der Waals surface area contributed by atoms with Crippen molar-refractivity contribution in [3.05, 3.63) is 21.9 Å². The molecule has 5 heteroatoms. The van der Waals surface area contributed by atoms with Crippen LogP contribution >= 0.6 is 11.3 Å². The van der Waals surface area contributed by atoms with Crippen molar-refractivity contribution in [2.24, 2.45) is 0 Å². The molecule has 0 atom stereocenters. The highest BCUT2D eigenvalue weighted by Crippen LogP contribution is 2.25. The first-order chi connectivity index (χ1) is 6.19. The molecule has 1 N–H and O–H groups in total. The van der Waals surface area contributed by atoms with Crippen LogP contribution in [0.3, 0.4) is 0 Å². The van der Waals surface area contributed by atoms with Crippen LogP contribution in [0.2, 0.25) is 0 Å². The van der Waals surface area contributed by atoms with Crippen LogP contribution in [0.4, 0.5) is 0 Å². The van der Waals surface area contributed by atoms with Gasteiger partial charge in [-0.05, 0) is 12.1 Å². The van der Waals surface area contributed by atoms with E-state index in [-0.39, 0.29) is 4.88 Å². The molecule has 0 aliphatic carbocycles. The molecule has 0 aliphatic rings. The van der Waals surface area contributed by atoms with E-state index < -0.39 is 12.3 Å². The molecule has 1 aromatic heterocycles. The molecule has 0 aromatic carbocycles. The number of aromatic carboxylic acids is 1. The van der Waals surface area contributed by atoms with Gasteiger partial charge < -0.3 is 14.6 Å². The SMILES string of the molecule is COC(OC)c1ccc(C(=O)O)s1. The van der Waals surface area contributed by atoms with E-state index in [2.05, 4.69) is 0 Å². The standard InChI is InChI=1S/C8H10O4S/c1-11-8(12-2)6-4-3-5(13-6)7(9)10/h3-4,8H,1-2H3,(H,9,10). The number of hydrogen-bond acceptors (Lipinski definition) is 4. The van der Waals surface area contributed by atoms with Gasteiger partial charge in [-0.15, -0.1) is 11.3 Å². The first-order valence-electron chi connectivity index (χ1n) is 3.57. The summed E-state index contributed by atoms with van der Waals surface area (Å²) in [4.78, 5) is 11.6. The van der Waals surface area contributed by atoms with Crippen molar-refractivity contribution in [2.75, 3.05) is 14.2 Å². The largest absolute Gasteiger partial charge is 0.477 e. The van der Waals surface area contributed by atoms with Crippen LogP contribution in [-0.4, -0.2) is 25.3 Å². The summed E-state index contributed by atoms with van der Waals surface area (Å²) in [5.41, 5.74) is 0. The molecule has 1 aromatic rings. The summed E-state index contributed by atoms with van der Waals surface area (Å²) in [7, 11) is 3.02. The lowest BCUT2D eigenvalue weighted by atomic mass is 10.4. The summed E-state index contributed by atoms with van der Waals surface area (Å²) < 4.78 is 9.95. The van der Waals surface area contributed by atoms with Gasteiger partial charge in [0.25, 0.3) is 0 Å². The molecular weight excluding hydrogens is 192 g/mol. The molecule has 0 saturated carbocycles. The Kier molecular flexibility index (Phi) is 3.41. The van der Waals surface area contributed by atoms with Crippen LogP contribution in [-0.2, 0) is 9.47 Å². The first-order valence-corrected chi connectivity index (χ1v) is 4.39. The maximum Gasteiger partial charge on any atom is 0.345 e. The summed E-state index contributed by atoms with van der Waals surface area (Å²) >= 11 is 1.15. The Balaban J connectivity index is 2.84. The molecule has 0 unspecified atom stereocenters. The Labute approximate surface area is 79.7 Å². The molecule has 13 heavy (non-hydrogen) atoms. The minimum absolute atomic E-state index is 0.286. The fraction of sp³-hybridized carbons (Fsp3) is 0.375. The van der Waals surface area contributed by atoms with Gasteiger partial charge in [-0.25, -0.2) is 4.79 Å². The molecule has 72 valence electrons. The molecule has 0 radical (unpaired) electrons. The van der Waals surface area contributed by atoms with Crippen LogP contribution in [0.5, 0.6) is 0 Å². The first kappa shape index (κ1) is 10.2. The zero-order chi connectivity index (χ0) is 9.84. The number of hydrogen-bond donors (Lipinski definition) is 1. The van der Waals surface area contributed by atoms with Crippen molar-refractivity contribution in [3.63, 3.8) is 0 Å². The van der Waals surface area contributed by atoms with Crippen molar-refractivity contribution in [1.82, 2.24) is 0 Å². The Bertz CT molecular complexity index is 290. The molecule has 0 amide bonds. The van der Waals surface area contributed by atoms with Crippen LogP contribution < -0.4 is 0 Å². The van der Waals surface area contributed by atoms with E-state index in [0.717, 1.165) is 16.2 Å². The van der Waals surface area contributed by atoms with Crippen LogP contribution in [0.1, 0.15) is 20.8 Å². The third kappa shape index (κ3) is 2.27.